The molecule has 44 heavy (non-hydrogen) atoms. The summed E-state index contributed by atoms with van der Waals surface area (Å²) in [6.07, 6.45) is 2.53. The number of aromatic nitrogens is 3. The molecule has 11 nitrogen and oxygen atoms in total. The summed E-state index contributed by atoms with van der Waals surface area (Å²) in [6, 6.07) is 23.2. The molecule has 4 aromatic rings. The van der Waals surface area contributed by atoms with Crippen molar-refractivity contribution in [2.24, 2.45) is 0 Å². The number of methoxy groups -OCH3 is 1. The number of amides is 3. The van der Waals surface area contributed by atoms with Gasteiger partial charge in [-0.15, -0.1) is 5.10 Å². The number of benzene rings is 3. The second-order valence-corrected chi connectivity index (χ2v) is 11.2. The molecule has 0 unspecified atom stereocenters. The second kappa shape index (κ2) is 13.1. The largest absolute Gasteiger partial charge is 0.497 e. The first-order valence-corrected chi connectivity index (χ1v) is 14.7. The predicted octanol–water partition coefficient (Wildman–Crippen LogP) is 1.94. The van der Waals surface area contributed by atoms with Crippen molar-refractivity contribution in [1.82, 2.24) is 35.8 Å². The monoisotopic (exact) mass is 593 g/mol. The van der Waals surface area contributed by atoms with Gasteiger partial charge in [0.2, 0.25) is 17.7 Å². The van der Waals surface area contributed by atoms with Crippen molar-refractivity contribution in [3.05, 3.63) is 107 Å². The van der Waals surface area contributed by atoms with Gasteiger partial charge in [-0.25, -0.2) is 4.68 Å². The quantitative estimate of drug-likeness (QED) is 0.312. The highest BCUT2D eigenvalue weighted by atomic mass is 16.5. The van der Waals surface area contributed by atoms with Crippen LogP contribution in [0, 0.1) is 0 Å². The Labute approximate surface area is 255 Å². The van der Waals surface area contributed by atoms with Crippen LogP contribution in [-0.4, -0.2) is 69.4 Å². The third kappa shape index (κ3) is 6.78. The minimum Gasteiger partial charge on any atom is -0.497 e. The van der Waals surface area contributed by atoms with Crippen molar-refractivity contribution >= 4 is 17.7 Å². The van der Waals surface area contributed by atoms with E-state index in [1.165, 1.54) is 0 Å². The summed E-state index contributed by atoms with van der Waals surface area (Å²) < 4.78 is 7.04. The number of fused-ring (bicyclic) bond motifs is 3. The molecule has 0 spiro atoms. The average Bonchev–Trinajstić information content (AvgIpc) is 3.67. The molecule has 3 N–H and O–H groups in total. The molecule has 3 amide bonds. The smallest absolute Gasteiger partial charge is 0.243 e. The van der Waals surface area contributed by atoms with Crippen molar-refractivity contribution in [2.45, 2.75) is 50.5 Å². The van der Waals surface area contributed by atoms with Gasteiger partial charge in [0, 0.05) is 32.1 Å². The fourth-order valence-electron chi connectivity index (χ4n) is 5.91. The van der Waals surface area contributed by atoms with Crippen LogP contribution in [0.5, 0.6) is 5.75 Å². The molecule has 3 aromatic carbocycles. The molecule has 3 atom stereocenters. The first-order chi connectivity index (χ1) is 21.4. The number of para-hydroxylation sites is 1. The number of carbonyl (C=O) groups is 3. The lowest BCUT2D eigenvalue weighted by Gasteiger charge is -2.26. The summed E-state index contributed by atoms with van der Waals surface area (Å²) in [5, 5.41) is 17.7. The molecule has 1 saturated heterocycles. The molecule has 11 heteroatoms. The van der Waals surface area contributed by atoms with Crippen LogP contribution in [0.3, 0.4) is 0 Å². The molecule has 2 bridgehead atoms. The standard InChI is InChI=1S/C33H35N7O4/c1-44-28-13-7-8-22(14-28)19-39-20-25-17-30(39)33(43)36-29(16-26-21-40(38-37-26)27-11-3-2-4-12-27)32(42)34-18-24-10-6-5-9-23(24)15-31(41)35-25/h2-14,21,25,29-30H,15-20H2,1H3,(H,34,42)(H,35,41)(H,36,43)/t25-,29+,30-/m0/s1. The maximum absolute atomic E-state index is 13.9. The summed E-state index contributed by atoms with van der Waals surface area (Å²) in [6.45, 7) is 1.19. The summed E-state index contributed by atoms with van der Waals surface area (Å²) in [5.74, 6) is -0.00646. The lowest BCUT2D eigenvalue weighted by Crippen LogP contribution is -2.53. The molecule has 0 radical (unpaired) electrons. The van der Waals surface area contributed by atoms with Crippen molar-refractivity contribution in [2.75, 3.05) is 13.7 Å². The van der Waals surface area contributed by atoms with Crippen LogP contribution in [0.1, 0.15) is 28.8 Å². The highest BCUT2D eigenvalue weighted by Crippen LogP contribution is 2.24. The first-order valence-electron chi connectivity index (χ1n) is 14.7. The van der Waals surface area contributed by atoms with E-state index in [9.17, 15) is 14.4 Å². The van der Waals surface area contributed by atoms with Crippen LogP contribution in [0.2, 0.25) is 0 Å². The molecular formula is C33H35N7O4. The number of nitrogens with zero attached hydrogens (tertiary/aromatic N) is 4. The molecule has 226 valence electrons. The van der Waals surface area contributed by atoms with E-state index < -0.39 is 12.1 Å². The maximum Gasteiger partial charge on any atom is 0.243 e. The fourth-order valence-corrected chi connectivity index (χ4v) is 5.91. The van der Waals surface area contributed by atoms with Gasteiger partial charge in [-0.05, 0) is 47.4 Å². The summed E-state index contributed by atoms with van der Waals surface area (Å²) in [4.78, 5) is 42.7. The second-order valence-electron chi connectivity index (χ2n) is 11.2. The van der Waals surface area contributed by atoms with Gasteiger partial charge in [-0.2, -0.15) is 0 Å². The van der Waals surface area contributed by atoms with Crippen LogP contribution >= 0.6 is 0 Å². The van der Waals surface area contributed by atoms with Gasteiger partial charge in [0.1, 0.15) is 11.8 Å². The van der Waals surface area contributed by atoms with Crippen molar-refractivity contribution in [1.29, 1.82) is 0 Å². The van der Waals surface area contributed by atoms with Crippen molar-refractivity contribution in [3.63, 3.8) is 0 Å². The molecule has 3 heterocycles. The first kappa shape index (κ1) is 29.1. The molecule has 1 fully saturated rings. The Morgan fingerprint density at radius 1 is 0.909 bits per heavy atom. The van der Waals surface area contributed by atoms with Gasteiger partial charge < -0.3 is 20.7 Å². The summed E-state index contributed by atoms with van der Waals surface area (Å²) >= 11 is 0. The normalized spacial score (nSPS) is 21.0. The molecule has 6 rings (SSSR count). The molecule has 1 aromatic heterocycles. The van der Waals surface area contributed by atoms with Crippen LogP contribution in [0.15, 0.2) is 85.1 Å². The molecule has 2 aliphatic heterocycles. The van der Waals surface area contributed by atoms with E-state index in [2.05, 4.69) is 26.3 Å². The Balaban J connectivity index is 1.28. The van der Waals surface area contributed by atoms with Gasteiger partial charge in [0.05, 0.1) is 37.2 Å². The number of likely N-dealkylation sites (tertiary alicyclic amines) is 1. The summed E-state index contributed by atoms with van der Waals surface area (Å²) in [7, 11) is 1.62. The number of hydrogen-bond acceptors (Lipinski definition) is 7. The zero-order valence-corrected chi connectivity index (χ0v) is 24.5. The van der Waals surface area contributed by atoms with E-state index >= 15 is 0 Å². The number of nitrogens with one attached hydrogen (secondary N) is 3. The third-order valence-electron chi connectivity index (χ3n) is 8.12. The van der Waals surface area contributed by atoms with Crippen LogP contribution in [-0.2, 0) is 40.3 Å². The molecule has 2 aliphatic rings. The Morgan fingerprint density at radius 2 is 1.70 bits per heavy atom. The fraction of sp³-hybridized carbons (Fsp3) is 0.303. The lowest BCUT2D eigenvalue weighted by molar-refractivity contribution is -0.131. The number of hydrogen-bond donors (Lipinski definition) is 3. The molecular weight excluding hydrogens is 558 g/mol. The van der Waals surface area contributed by atoms with Gasteiger partial charge in [0.15, 0.2) is 0 Å². The van der Waals surface area contributed by atoms with Gasteiger partial charge in [0.25, 0.3) is 0 Å². The number of ether oxygens (including phenoxy) is 1. The zero-order chi connectivity index (χ0) is 30.5. The van der Waals surface area contributed by atoms with Crippen molar-refractivity contribution in [3.8, 4) is 11.4 Å². The Hall–Kier alpha value is -5.03. The highest BCUT2D eigenvalue weighted by molar-refractivity contribution is 5.90. The van der Waals surface area contributed by atoms with E-state index in [0.717, 1.165) is 28.1 Å². The van der Waals surface area contributed by atoms with Gasteiger partial charge >= 0.3 is 0 Å². The predicted molar refractivity (Wildman–Crippen MR) is 163 cm³/mol. The minimum absolute atomic E-state index is 0.118. The Bertz CT molecular complexity index is 1640. The van der Waals surface area contributed by atoms with E-state index in [0.29, 0.717) is 25.2 Å². The number of rotatable bonds is 6. The van der Waals surface area contributed by atoms with Gasteiger partial charge in [-0.1, -0.05) is 59.8 Å². The SMILES string of the molecule is COc1cccc(CN2C[C@@H]3C[C@H]2C(=O)N[C@H](Cc2cn(-c4ccccc4)nn2)C(=O)NCc2ccccc2CC(=O)N3)c1. The lowest BCUT2D eigenvalue weighted by atomic mass is 10.0. The average molecular weight is 594 g/mol. The van der Waals surface area contributed by atoms with Crippen LogP contribution in [0.4, 0.5) is 0 Å². The van der Waals surface area contributed by atoms with Crippen molar-refractivity contribution < 1.29 is 19.1 Å². The molecule has 0 saturated carbocycles. The van der Waals surface area contributed by atoms with Crippen LogP contribution < -0.4 is 20.7 Å². The highest BCUT2D eigenvalue weighted by Gasteiger charge is 2.39. The Kier molecular flexibility index (Phi) is 8.64. The van der Waals surface area contributed by atoms with E-state index in [1.807, 2.05) is 83.8 Å². The third-order valence-corrected chi connectivity index (χ3v) is 8.12. The topological polar surface area (TPSA) is 130 Å². The zero-order valence-electron chi connectivity index (χ0n) is 24.5. The summed E-state index contributed by atoms with van der Waals surface area (Å²) in [5.41, 5.74) is 4.08. The van der Waals surface area contributed by atoms with Gasteiger partial charge in [-0.3, -0.25) is 19.3 Å². The van der Waals surface area contributed by atoms with E-state index in [1.54, 1.807) is 18.0 Å². The van der Waals surface area contributed by atoms with Crippen LogP contribution in [0.25, 0.3) is 5.69 Å². The maximum atomic E-state index is 13.9. The molecule has 0 aliphatic carbocycles. The Morgan fingerprint density at radius 3 is 2.52 bits per heavy atom. The van der Waals surface area contributed by atoms with E-state index in [4.69, 9.17) is 4.74 Å². The number of carbonyl (C=O) groups excluding carboxylic acids is 3. The van der Waals surface area contributed by atoms with E-state index in [-0.39, 0.29) is 43.1 Å². The minimum atomic E-state index is -0.883.